The van der Waals surface area contributed by atoms with Crippen LogP contribution >= 0.6 is 12.2 Å². The molecule has 1 saturated heterocycles. The maximum Gasteiger partial charge on any atom is 0.170 e. The first-order valence-corrected chi connectivity index (χ1v) is 9.90. The third kappa shape index (κ3) is 3.17. The molecule has 8 heteroatoms. The first kappa shape index (κ1) is 18.6. The van der Waals surface area contributed by atoms with Gasteiger partial charge < -0.3 is 10.2 Å². The van der Waals surface area contributed by atoms with Crippen LogP contribution in [-0.4, -0.2) is 41.1 Å². The summed E-state index contributed by atoms with van der Waals surface area (Å²) >= 11 is 5.73. The molecule has 28 heavy (non-hydrogen) atoms. The van der Waals surface area contributed by atoms with E-state index >= 15 is 0 Å². The minimum Gasteiger partial charge on any atom is -0.352 e. The zero-order valence-corrected chi connectivity index (χ0v) is 17.4. The van der Waals surface area contributed by atoms with Crippen molar-refractivity contribution in [2.75, 3.05) is 6.54 Å². The molecule has 146 valence electrons. The Labute approximate surface area is 170 Å². The number of rotatable bonds is 5. The lowest BCUT2D eigenvalue weighted by Crippen LogP contribution is -2.33. The van der Waals surface area contributed by atoms with Crippen molar-refractivity contribution in [1.82, 2.24) is 34.8 Å². The van der Waals surface area contributed by atoms with Crippen molar-refractivity contribution in [2.24, 2.45) is 5.92 Å². The molecule has 1 aliphatic rings. The highest BCUT2D eigenvalue weighted by atomic mass is 32.1. The molecule has 0 saturated carbocycles. The van der Waals surface area contributed by atoms with Gasteiger partial charge in [0, 0.05) is 29.7 Å². The summed E-state index contributed by atoms with van der Waals surface area (Å²) in [6, 6.07) is 8.33. The Balaban J connectivity index is 1.83. The molecule has 7 nitrogen and oxygen atoms in total. The molecule has 0 spiro atoms. The van der Waals surface area contributed by atoms with Crippen LogP contribution in [0.1, 0.15) is 48.6 Å². The van der Waals surface area contributed by atoms with E-state index in [1.807, 2.05) is 23.0 Å². The second kappa shape index (κ2) is 7.35. The van der Waals surface area contributed by atoms with Crippen molar-refractivity contribution in [1.29, 1.82) is 0 Å². The monoisotopic (exact) mass is 395 g/mol. The van der Waals surface area contributed by atoms with Crippen molar-refractivity contribution in [3.8, 4) is 0 Å². The van der Waals surface area contributed by atoms with Gasteiger partial charge in [0.2, 0.25) is 0 Å². The van der Waals surface area contributed by atoms with E-state index in [-0.39, 0.29) is 12.1 Å². The van der Waals surface area contributed by atoms with E-state index < -0.39 is 0 Å². The molecule has 3 aromatic rings. The SMILES string of the molecule is Cc1cc([C@@H]2[C@@H](c3ccccn3)NC(=S)N2CC(C)C)c(C)n1-n1cnnc1. The number of hydrogen-bond acceptors (Lipinski definition) is 4. The molecule has 4 heterocycles. The highest BCUT2D eigenvalue weighted by Gasteiger charge is 2.41. The van der Waals surface area contributed by atoms with Crippen LogP contribution in [0, 0.1) is 19.8 Å². The summed E-state index contributed by atoms with van der Waals surface area (Å²) in [5, 5.41) is 12.2. The molecular formula is C20H25N7S. The fraction of sp³-hybridized carbons (Fsp3) is 0.400. The van der Waals surface area contributed by atoms with Crippen LogP contribution in [0.4, 0.5) is 0 Å². The van der Waals surface area contributed by atoms with Crippen molar-refractivity contribution in [3.05, 3.63) is 65.8 Å². The smallest absolute Gasteiger partial charge is 0.170 e. The quantitative estimate of drug-likeness (QED) is 0.670. The number of pyridine rings is 1. The van der Waals surface area contributed by atoms with E-state index in [1.54, 1.807) is 12.7 Å². The predicted octanol–water partition coefficient (Wildman–Crippen LogP) is 3.03. The van der Waals surface area contributed by atoms with Gasteiger partial charge in [0.15, 0.2) is 5.11 Å². The van der Waals surface area contributed by atoms with Gasteiger partial charge in [0.25, 0.3) is 0 Å². The van der Waals surface area contributed by atoms with E-state index in [4.69, 9.17) is 12.2 Å². The Kier molecular flexibility index (Phi) is 4.89. The molecule has 0 radical (unpaired) electrons. The van der Waals surface area contributed by atoms with E-state index in [0.29, 0.717) is 5.92 Å². The first-order valence-electron chi connectivity index (χ1n) is 9.49. The van der Waals surface area contributed by atoms with Gasteiger partial charge >= 0.3 is 0 Å². The van der Waals surface area contributed by atoms with Gasteiger partial charge in [-0.2, -0.15) is 0 Å². The molecule has 0 amide bonds. The molecule has 3 aromatic heterocycles. The van der Waals surface area contributed by atoms with Crippen LogP contribution < -0.4 is 5.32 Å². The fourth-order valence-electron chi connectivity index (χ4n) is 4.06. The van der Waals surface area contributed by atoms with E-state index in [2.05, 4.69) is 69.9 Å². The summed E-state index contributed by atoms with van der Waals surface area (Å²) < 4.78 is 4.02. The summed E-state index contributed by atoms with van der Waals surface area (Å²) in [6.45, 7) is 9.55. The number of hydrogen-bond donors (Lipinski definition) is 1. The van der Waals surface area contributed by atoms with Crippen LogP contribution in [0.2, 0.25) is 0 Å². The molecule has 0 unspecified atom stereocenters. The highest BCUT2D eigenvalue weighted by Crippen LogP contribution is 2.41. The zero-order chi connectivity index (χ0) is 19.8. The average Bonchev–Trinajstić information content (AvgIpc) is 3.35. The molecule has 1 aliphatic heterocycles. The van der Waals surface area contributed by atoms with Crippen molar-refractivity contribution < 1.29 is 0 Å². The summed E-state index contributed by atoms with van der Waals surface area (Å²) in [6.07, 6.45) is 5.26. The van der Waals surface area contributed by atoms with Gasteiger partial charge in [-0.05, 0) is 50.2 Å². The summed E-state index contributed by atoms with van der Waals surface area (Å²) in [7, 11) is 0. The lowest BCUT2D eigenvalue weighted by atomic mass is 9.96. The molecule has 4 rings (SSSR count). The molecule has 2 atom stereocenters. The highest BCUT2D eigenvalue weighted by molar-refractivity contribution is 7.80. The van der Waals surface area contributed by atoms with E-state index in [9.17, 15) is 0 Å². The molecule has 1 N–H and O–H groups in total. The van der Waals surface area contributed by atoms with Gasteiger partial charge in [-0.3, -0.25) is 9.66 Å². The van der Waals surface area contributed by atoms with Crippen LogP contribution in [0.5, 0.6) is 0 Å². The van der Waals surface area contributed by atoms with Crippen molar-refractivity contribution in [3.63, 3.8) is 0 Å². The zero-order valence-electron chi connectivity index (χ0n) is 16.6. The summed E-state index contributed by atoms with van der Waals surface area (Å²) in [5.74, 6) is 0.492. The Bertz CT molecular complexity index is 962. The summed E-state index contributed by atoms with van der Waals surface area (Å²) in [4.78, 5) is 6.92. The number of nitrogens with zero attached hydrogens (tertiary/aromatic N) is 6. The molecule has 0 aromatic carbocycles. The van der Waals surface area contributed by atoms with Crippen molar-refractivity contribution in [2.45, 2.75) is 39.8 Å². The Morgan fingerprint density at radius 3 is 2.57 bits per heavy atom. The minimum absolute atomic E-state index is 0.00214. The van der Waals surface area contributed by atoms with Gasteiger partial charge in [0.1, 0.15) is 12.7 Å². The molecular weight excluding hydrogens is 370 g/mol. The number of aryl methyl sites for hydroxylation is 1. The normalized spacial score (nSPS) is 19.5. The van der Waals surface area contributed by atoms with Crippen LogP contribution in [0.3, 0.4) is 0 Å². The summed E-state index contributed by atoms with van der Waals surface area (Å²) in [5.41, 5.74) is 4.49. The number of aromatic nitrogens is 5. The van der Waals surface area contributed by atoms with Gasteiger partial charge in [0.05, 0.1) is 17.8 Å². The van der Waals surface area contributed by atoms with E-state index in [1.165, 1.54) is 5.56 Å². The van der Waals surface area contributed by atoms with Crippen LogP contribution in [0.25, 0.3) is 0 Å². The standard InChI is InChI=1S/C20H25N7S/c1-13(2)10-26-19(18(24-20(26)28)17-7-5-6-8-21-17)16-9-14(3)27(15(16)4)25-11-22-23-12-25/h5-9,11-13,18-19H,10H2,1-4H3,(H,24,28)/t18-,19-/m1/s1. The van der Waals surface area contributed by atoms with Crippen LogP contribution in [0.15, 0.2) is 43.1 Å². The average molecular weight is 396 g/mol. The van der Waals surface area contributed by atoms with Gasteiger partial charge in [-0.25, -0.2) is 4.68 Å². The first-order chi connectivity index (χ1) is 13.5. The van der Waals surface area contributed by atoms with Gasteiger partial charge in [-0.1, -0.05) is 19.9 Å². The Morgan fingerprint density at radius 2 is 1.93 bits per heavy atom. The minimum atomic E-state index is 0.00214. The van der Waals surface area contributed by atoms with E-state index in [0.717, 1.165) is 28.7 Å². The number of thiocarbonyl (C=S) groups is 1. The Hall–Kier alpha value is -2.74. The molecule has 1 fully saturated rings. The number of nitrogens with one attached hydrogen (secondary N) is 1. The lowest BCUT2D eigenvalue weighted by Gasteiger charge is -2.29. The van der Waals surface area contributed by atoms with Crippen LogP contribution in [-0.2, 0) is 0 Å². The fourth-order valence-corrected chi connectivity index (χ4v) is 4.38. The third-order valence-electron chi connectivity index (χ3n) is 5.15. The molecule has 0 aliphatic carbocycles. The maximum absolute atomic E-state index is 5.73. The Morgan fingerprint density at radius 1 is 1.18 bits per heavy atom. The predicted molar refractivity (Wildman–Crippen MR) is 112 cm³/mol. The van der Waals surface area contributed by atoms with Crippen molar-refractivity contribution >= 4 is 17.3 Å². The largest absolute Gasteiger partial charge is 0.352 e. The maximum atomic E-state index is 5.73. The topological polar surface area (TPSA) is 63.8 Å². The molecule has 0 bridgehead atoms. The van der Waals surface area contributed by atoms with Gasteiger partial charge in [-0.15, -0.1) is 10.2 Å². The second-order valence-electron chi connectivity index (χ2n) is 7.65. The second-order valence-corrected chi connectivity index (χ2v) is 8.04. The third-order valence-corrected chi connectivity index (χ3v) is 5.50. The lowest BCUT2D eigenvalue weighted by molar-refractivity contribution is 0.286.